The second kappa shape index (κ2) is 11.1. The third kappa shape index (κ3) is 3.87. The third-order valence-electron chi connectivity index (χ3n) is 12.3. The van der Waals surface area contributed by atoms with Gasteiger partial charge < -0.3 is 0 Å². The predicted molar refractivity (Wildman–Crippen MR) is 225 cm³/mol. The second-order valence-electron chi connectivity index (χ2n) is 14.9. The Hall–Kier alpha value is -6.77. The number of rotatable bonds is 3. The van der Waals surface area contributed by atoms with Gasteiger partial charge in [-0.05, 0) is 114 Å². The van der Waals surface area contributed by atoms with Crippen LogP contribution in [-0.2, 0) is 5.41 Å². The maximum Gasteiger partial charge on any atom is 0.145 e. The van der Waals surface area contributed by atoms with Crippen molar-refractivity contribution in [2.75, 3.05) is 0 Å². The summed E-state index contributed by atoms with van der Waals surface area (Å²) in [6, 6.07) is 61.1. The van der Waals surface area contributed by atoms with Gasteiger partial charge in [-0.2, -0.15) is 0 Å². The molecule has 0 saturated heterocycles. The molecule has 0 atom stereocenters. The van der Waals surface area contributed by atoms with E-state index in [2.05, 4.69) is 187 Å². The maximum absolute atomic E-state index is 5.19. The molecule has 1 aromatic heterocycles. The molecule has 0 saturated carbocycles. The first-order chi connectivity index (χ1) is 26.8. The minimum absolute atomic E-state index is 0.454. The molecular weight excluding hydrogens is 653 g/mol. The molecule has 0 bridgehead atoms. The van der Waals surface area contributed by atoms with Crippen molar-refractivity contribution >= 4 is 38.3 Å². The van der Waals surface area contributed by atoms with E-state index in [0.717, 1.165) is 35.3 Å². The Morgan fingerprint density at radius 3 is 1.96 bits per heavy atom. The summed E-state index contributed by atoms with van der Waals surface area (Å²) in [5, 5.41) is 5.16. The van der Waals surface area contributed by atoms with Crippen LogP contribution >= 0.6 is 0 Å². The van der Waals surface area contributed by atoms with Crippen LogP contribution in [-0.4, -0.2) is 9.55 Å². The van der Waals surface area contributed by atoms with Gasteiger partial charge in [0.15, 0.2) is 0 Å². The van der Waals surface area contributed by atoms with Crippen LogP contribution in [0.15, 0.2) is 182 Å². The minimum Gasteiger partial charge on any atom is -0.296 e. The summed E-state index contributed by atoms with van der Waals surface area (Å²) in [7, 11) is 0. The van der Waals surface area contributed by atoms with Gasteiger partial charge in [-0.25, -0.2) is 4.98 Å². The van der Waals surface area contributed by atoms with Crippen molar-refractivity contribution in [2.45, 2.75) is 18.3 Å². The molecule has 1 spiro atoms. The fourth-order valence-corrected chi connectivity index (χ4v) is 10.1. The zero-order valence-corrected chi connectivity index (χ0v) is 29.6. The van der Waals surface area contributed by atoms with Crippen molar-refractivity contribution in [1.29, 1.82) is 0 Å². The topological polar surface area (TPSA) is 17.8 Å². The van der Waals surface area contributed by atoms with E-state index in [1.54, 1.807) is 0 Å². The molecule has 0 fully saturated rings. The number of hydrogen-bond donors (Lipinski definition) is 0. The molecule has 0 N–H and O–H groups in total. The number of aromatic nitrogens is 2. The number of nitrogens with zero attached hydrogens (tertiary/aromatic N) is 2. The van der Waals surface area contributed by atoms with Gasteiger partial charge in [0.1, 0.15) is 5.82 Å². The second-order valence-corrected chi connectivity index (χ2v) is 14.9. The summed E-state index contributed by atoms with van der Waals surface area (Å²) in [5.74, 6) is 0.989. The molecule has 252 valence electrons. The molecule has 0 amide bonds. The number of benzene rings is 8. The first-order valence-corrected chi connectivity index (χ1v) is 19.0. The van der Waals surface area contributed by atoms with Crippen LogP contribution < -0.4 is 0 Å². The molecular formula is C52H34N2. The fraction of sp³-hybridized carbons (Fsp3) is 0.0577. The quantitative estimate of drug-likeness (QED) is 0.181. The van der Waals surface area contributed by atoms with Crippen LogP contribution in [0.25, 0.3) is 83.0 Å². The molecule has 0 unspecified atom stereocenters. The van der Waals surface area contributed by atoms with E-state index in [-0.39, 0.29) is 0 Å². The summed E-state index contributed by atoms with van der Waals surface area (Å²) < 4.78 is 2.36. The van der Waals surface area contributed by atoms with Crippen molar-refractivity contribution in [3.05, 3.63) is 204 Å². The Balaban J connectivity index is 1.13. The highest BCUT2D eigenvalue weighted by Crippen LogP contribution is 2.65. The monoisotopic (exact) mass is 686 g/mol. The van der Waals surface area contributed by atoms with E-state index in [1.807, 2.05) is 0 Å². The van der Waals surface area contributed by atoms with E-state index < -0.39 is 5.41 Å². The molecule has 0 aliphatic heterocycles. The predicted octanol–water partition coefficient (Wildman–Crippen LogP) is 13.2. The zero-order valence-electron chi connectivity index (χ0n) is 29.6. The Labute approximate surface area is 314 Å². The van der Waals surface area contributed by atoms with Crippen molar-refractivity contribution in [3.8, 4) is 44.8 Å². The van der Waals surface area contributed by atoms with Gasteiger partial charge in [0, 0.05) is 11.3 Å². The molecule has 2 heteroatoms. The van der Waals surface area contributed by atoms with E-state index in [0.29, 0.717) is 0 Å². The van der Waals surface area contributed by atoms with Crippen LogP contribution in [0.3, 0.4) is 0 Å². The molecule has 12 rings (SSSR count). The van der Waals surface area contributed by atoms with Crippen LogP contribution in [0.5, 0.6) is 0 Å². The lowest BCUT2D eigenvalue weighted by atomic mass is 9.69. The summed E-state index contributed by atoms with van der Waals surface area (Å²) in [6.45, 7) is 0. The number of para-hydroxylation sites is 2. The fourth-order valence-electron chi connectivity index (χ4n) is 10.1. The number of imidazole rings is 1. The first-order valence-electron chi connectivity index (χ1n) is 19.0. The Morgan fingerprint density at radius 2 is 1.19 bits per heavy atom. The molecule has 8 aromatic carbocycles. The number of hydrogen-bond acceptors (Lipinski definition) is 1. The summed E-state index contributed by atoms with van der Waals surface area (Å²) in [5.41, 5.74) is 17.4. The normalized spacial score (nSPS) is 14.7. The van der Waals surface area contributed by atoms with Gasteiger partial charge >= 0.3 is 0 Å². The van der Waals surface area contributed by atoms with Gasteiger partial charge in [0.2, 0.25) is 0 Å². The minimum atomic E-state index is -0.454. The van der Waals surface area contributed by atoms with Crippen LogP contribution in [0, 0.1) is 0 Å². The number of fused-ring (bicyclic) bond motifs is 15. The van der Waals surface area contributed by atoms with E-state index in [1.165, 1.54) is 82.9 Å². The third-order valence-corrected chi connectivity index (χ3v) is 12.3. The smallest absolute Gasteiger partial charge is 0.145 e. The highest BCUT2D eigenvalue weighted by Gasteiger charge is 2.53. The number of allylic oxidation sites excluding steroid dienone is 4. The molecule has 2 nitrogen and oxygen atoms in total. The first kappa shape index (κ1) is 29.8. The summed E-state index contributed by atoms with van der Waals surface area (Å²) >= 11 is 0. The van der Waals surface area contributed by atoms with Crippen molar-refractivity contribution in [3.63, 3.8) is 0 Å². The van der Waals surface area contributed by atoms with Crippen LogP contribution in [0.2, 0.25) is 0 Å². The summed E-state index contributed by atoms with van der Waals surface area (Å²) in [6.07, 6.45) is 8.69. The molecule has 9 aromatic rings. The van der Waals surface area contributed by atoms with Crippen molar-refractivity contribution in [2.24, 2.45) is 0 Å². The average molecular weight is 687 g/mol. The van der Waals surface area contributed by atoms with Gasteiger partial charge in [-0.1, -0.05) is 158 Å². The summed E-state index contributed by atoms with van der Waals surface area (Å²) in [4.78, 5) is 5.19. The van der Waals surface area contributed by atoms with Gasteiger partial charge in [-0.3, -0.25) is 4.57 Å². The van der Waals surface area contributed by atoms with Crippen molar-refractivity contribution in [1.82, 2.24) is 9.55 Å². The van der Waals surface area contributed by atoms with E-state index in [4.69, 9.17) is 4.98 Å². The lowest BCUT2D eigenvalue weighted by Crippen LogP contribution is -2.26. The van der Waals surface area contributed by atoms with Crippen LogP contribution in [0.4, 0.5) is 0 Å². The molecule has 0 radical (unpaired) electrons. The average Bonchev–Trinajstić information content (AvgIpc) is 3.88. The van der Waals surface area contributed by atoms with Gasteiger partial charge in [0.25, 0.3) is 0 Å². The Morgan fingerprint density at radius 1 is 0.519 bits per heavy atom. The standard InChI is InChI=1S/C52H34N2/c1-2-15-36(16-3-1)54-48-25-13-12-24-47(48)53-51(54)35-28-26-34(27-29-35)43-32-46-49(41-21-7-6-18-38(41)43)42-31-30-33-14-4-5-17-37(33)50(42)52(46)44-22-10-8-19-39(44)40-20-9-11-23-45(40)52/h1-2,4-15,17-32H,3,16H2. The van der Waals surface area contributed by atoms with E-state index in [9.17, 15) is 0 Å². The molecule has 3 aliphatic rings. The molecule has 54 heavy (non-hydrogen) atoms. The highest BCUT2D eigenvalue weighted by atomic mass is 15.1. The van der Waals surface area contributed by atoms with Gasteiger partial charge in [-0.15, -0.1) is 0 Å². The van der Waals surface area contributed by atoms with Crippen LogP contribution in [0.1, 0.15) is 35.1 Å². The van der Waals surface area contributed by atoms with Crippen molar-refractivity contribution < 1.29 is 0 Å². The van der Waals surface area contributed by atoms with Gasteiger partial charge in [0.05, 0.1) is 16.4 Å². The highest BCUT2D eigenvalue weighted by molar-refractivity contribution is 6.14. The molecule has 3 aliphatic carbocycles. The Kier molecular flexibility index (Phi) is 6.13. The largest absolute Gasteiger partial charge is 0.296 e. The van der Waals surface area contributed by atoms with E-state index >= 15 is 0 Å². The zero-order chi connectivity index (χ0) is 35.4. The SMILES string of the molecule is C1=CCCC(n2c(-c3ccc(-c4cc5c(c6ccccc46)-c4ccc6ccccc6c4C54c5ccccc5-c5ccccc54)cc3)nc3ccccc32)=C1. The maximum atomic E-state index is 5.19. The lowest BCUT2D eigenvalue weighted by Gasteiger charge is -2.32. The lowest BCUT2D eigenvalue weighted by molar-refractivity contribution is 0.802. The molecule has 1 heterocycles. The Bertz CT molecular complexity index is 3050.